The largest absolute Gasteiger partial charge is 0.334 e. The molecular formula is C11H18N2O2S. The van der Waals surface area contributed by atoms with E-state index >= 15 is 0 Å². The van der Waals surface area contributed by atoms with E-state index in [0.29, 0.717) is 6.42 Å². The van der Waals surface area contributed by atoms with Crippen molar-refractivity contribution in [2.45, 2.75) is 38.6 Å². The second kappa shape index (κ2) is 4.57. The Kier molecular flexibility index (Phi) is 3.33. The van der Waals surface area contributed by atoms with Crippen molar-refractivity contribution in [3.8, 4) is 0 Å². The summed E-state index contributed by atoms with van der Waals surface area (Å²) >= 11 is 0. The highest BCUT2D eigenvalue weighted by Gasteiger charge is 2.14. The summed E-state index contributed by atoms with van der Waals surface area (Å²) in [6.07, 6.45) is 8.46. The van der Waals surface area contributed by atoms with Crippen molar-refractivity contribution >= 4 is 9.84 Å². The SMILES string of the molecule is CS(=O)(=O)CCCn1cnc2c1CCCC2. The van der Waals surface area contributed by atoms with Gasteiger partial charge in [-0.25, -0.2) is 13.4 Å². The summed E-state index contributed by atoms with van der Waals surface area (Å²) in [6, 6.07) is 0. The normalized spacial score (nSPS) is 16.1. The zero-order valence-corrected chi connectivity index (χ0v) is 10.5. The van der Waals surface area contributed by atoms with E-state index in [1.165, 1.54) is 30.5 Å². The van der Waals surface area contributed by atoms with Gasteiger partial charge < -0.3 is 4.57 Å². The van der Waals surface area contributed by atoms with E-state index in [1.807, 2.05) is 6.33 Å². The fourth-order valence-electron chi connectivity index (χ4n) is 2.22. The Labute approximate surface area is 96.6 Å². The highest BCUT2D eigenvalue weighted by Crippen LogP contribution is 2.19. The van der Waals surface area contributed by atoms with Crippen molar-refractivity contribution in [1.82, 2.24) is 9.55 Å². The molecule has 0 aromatic carbocycles. The molecule has 0 radical (unpaired) electrons. The van der Waals surface area contributed by atoms with Crippen LogP contribution in [0.3, 0.4) is 0 Å². The predicted molar refractivity (Wildman–Crippen MR) is 63.2 cm³/mol. The molecule has 0 fully saturated rings. The topological polar surface area (TPSA) is 52.0 Å². The Morgan fingerprint density at radius 1 is 1.38 bits per heavy atom. The van der Waals surface area contributed by atoms with E-state index < -0.39 is 9.84 Å². The quantitative estimate of drug-likeness (QED) is 0.797. The molecule has 2 rings (SSSR count). The lowest BCUT2D eigenvalue weighted by Gasteiger charge is -2.13. The van der Waals surface area contributed by atoms with Crippen molar-refractivity contribution in [2.24, 2.45) is 0 Å². The Morgan fingerprint density at radius 2 is 2.12 bits per heavy atom. The fourth-order valence-corrected chi connectivity index (χ4v) is 2.87. The zero-order valence-electron chi connectivity index (χ0n) is 9.65. The zero-order chi connectivity index (χ0) is 11.6. The minimum absolute atomic E-state index is 0.264. The number of imidazole rings is 1. The van der Waals surface area contributed by atoms with Gasteiger partial charge in [-0.2, -0.15) is 0 Å². The van der Waals surface area contributed by atoms with Crippen molar-refractivity contribution in [3.05, 3.63) is 17.7 Å². The van der Waals surface area contributed by atoms with Gasteiger partial charge in [0, 0.05) is 18.5 Å². The molecule has 0 bridgehead atoms. The molecule has 4 nitrogen and oxygen atoms in total. The van der Waals surface area contributed by atoms with Crippen LogP contribution in [0.15, 0.2) is 6.33 Å². The molecule has 0 saturated heterocycles. The van der Waals surface area contributed by atoms with E-state index in [0.717, 1.165) is 19.4 Å². The molecule has 5 heteroatoms. The molecule has 1 heterocycles. The molecule has 0 unspecified atom stereocenters. The monoisotopic (exact) mass is 242 g/mol. The number of fused-ring (bicyclic) bond motifs is 1. The molecule has 0 aliphatic heterocycles. The van der Waals surface area contributed by atoms with Crippen LogP contribution in [-0.4, -0.2) is 30.0 Å². The highest BCUT2D eigenvalue weighted by atomic mass is 32.2. The van der Waals surface area contributed by atoms with Crippen molar-refractivity contribution in [3.63, 3.8) is 0 Å². The van der Waals surface area contributed by atoms with Gasteiger partial charge in [-0.3, -0.25) is 0 Å². The first-order chi connectivity index (χ1) is 7.56. The second-order valence-electron chi connectivity index (χ2n) is 4.52. The fraction of sp³-hybridized carbons (Fsp3) is 0.727. The lowest BCUT2D eigenvalue weighted by atomic mass is 10.0. The summed E-state index contributed by atoms with van der Waals surface area (Å²) in [4.78, 5) is 4.39. The van der Waals surface area contributed by atoms with Crippen LogP contribution in [0.1, 0.15) is 30.7 Å². The van der Waals surface area contributed by atoms with Crippen LogP contribution < -0.4 is 0 Å². The molecule has 0 N–H and O–H groups in total. The first kappa shape index (κ1) is 11.6. The molecule has 16 heavy (non-hydrogen) atoms. The van der Waals surface area contributed by atoms with Crippen LogP contribution in [-0.2, 0) is 29.2 Å². The van der Waals surface area contributed by atoms with Gasteiger partial charge in [-0.15, -0.1) is 0 Å². The first-order valence-electron chi connectivity index (χ1n) is 5.77. The Balaban J connectivity index is 1.97. The maximum atomic E-state index is 11.0. The van der Waals surface area contributed by atoms with Crippen molar-refractivity contribution in [1.29, 1.82) is 0 Å². The number of hydrogen-bond donors (Lipinski definition) is 0. The summed E-state index contributed by atoms with van der Waals surface area (Å²) in [5.74, 6) is 0.264. The molecule has 1 aliphatic carbocycles. The van der Waals surface area contributed by atoms with E-state index in [9.17, 15) is 8.42 Å². The van der Waals surface area contributed by atoms with Gasteiger partial charge in [-0.05, 0) is 32.1 Å². The Morgan fingerprint density at radius 3 is 2.88 bits per heavy atom. The van der Waals surface area contributed by atoms with E-state index in [2.05, 4.69) is 9.55 Å². The first-order valence-corrected chi connectivity index (χ1v) is 7.83. The second-order valence-corrected chi connectivity index (χ2v) is 6.78. The minimum Gasteiger partial charge on any atom is -0.334 e. The number of sulfone groups is 1. The Hall–Kier alpha value is -0.840. The van der Waals surface area contributed by atoms with Gasteiger partial charge in [0.2, 0.25) is 0 Å². The molecule has 0 saturated carbocycles. The maximum absolute atomic E-state index is 11.0. The summed E-state index contributed by atoms with van der Waals surface area (Å²) in [7, 11) is -2.83. The van der Waals surface area contributed by atoms with E-state index in [-0.39, 0.29) is 5.75 Å². The average molecular weight is 242 g/mol. The van der Waals surface area contributed by atoms with Crippen LogP contribution in [0.4, 0.5) is 0 Å². The third-order valence-electron chi connectivity index (χ3n) is 3.02. The van der Waals surface area contributed by atoms with Crippen molar-refractivity contribution in [2.75, 3.05) is 12.0 Å². The molecule has 1 aromatic rings. The van der Waals surface area contributed by atoms with Gasteiger partial charge in [0.05, 0.1) is 17.8 Å². The lowest BCUT2D eigenvalue weighted by Crippen LogP contribution is -2.11. The summed E-state index contributed by atoms with van der Waals surface area (Å²) in [5, 5.41) is 0. The van der Waals surface area contributed by atoms with Crippen LogP contribution in [0.5, 0.6) is 0 Å². The standard InChI is InChI=1S/C11H18N2O2S/c1-16(14,15)8-4-7-13-9-12-10-5-2-3-6-11(10)13/h9H,2-8H2,1H3. The number of rotatable bonds is 4. The molecular weight excluding hydrogens is 224 g/mol. The maximum Gasteiger partial charge on any atom is 0.147 e. The number of nitrogens with zero attached hydrogens (tertiary/aromatic N) is 2. The molecule has 0 amide bonds. The van der Waals surface area contributed by atoms with Gasteiger partial charge in [-0.1, -0.05) is 0 Å². The number of aromatic nitrogens is 2. The van der Waals surface area contributed by atoms with Crippen LogP contribution in [0.2, 0.25) is 0 Å². The molecule has 1 aliphatic rings. The van der Waals surface area contributed by atoms with Gasteiger partial charge in [0.1, 0.15) is 9.84 Å². The van der Waals surface area contributed by atoms with Crippen molar-refractivity contribution < 1.29 is 8.42 Å². The third-order valence-corrected chi connectivity index (χ3v) is 4.05. The van der Waals surface area contributed by atoms with Crippen LogP contribution in [0.25, 0.3) is 0 Å². The summed E-state index contributed by atoms with van der Waals surface area (Å²) in [6.45, 7) is 0.773. The van der Waals surface area contributed by atoms with Gasteiger partial charge >= 0.3 is 0 Å². The van der Waals surface area contributed by atoms with Gasteiger partial charge in [0.25, 0.3) is 0 Å². The average Bonchev–Trinajstić information content (AvgIpc) is 2.60. The summed E-state index contributed by atoms with van der Waals surface area (Å²) < 4.78 is 24.2. The van der Waals surface area contributed by atoms with Gasteiger partial charge in [0.15, 0.2) is 0 Å². The molecule has 0 atom stereocenters. The van der Waals surface area contributed by atoms with E-state index in [4.69, 9.17) is 0 Å². The molecule has 1 aromatic heterocycles. The predicted octanol–water partition coefficient (Wildman–Crippen LogP) is 1.20. The van der Waals surface area contributed by atoms with E-state index in [1.54, 1.807) is 0 Å². The summed E-state index contributed by atoms with van der Waals surface area (Å²) in [5.41, 5.74) is 2.53. The highest BCUT2D eigenvalue weighted by molar-refractivity contribution is 7.90. The minimum atomic E-state index is -2.83. The third kappa shape index (κ3) is 2.84. The van der Waals surface area contributed by atoms with Crippen LogP contribution >= 0.6 is 0 Å². The number of aryl methyl sites for hydroxylation is 2. The molecule has 0 spiro atoms. The smallest absolute Gasteiger partial charge is 0.147 e. The molecule has 90 valence electrons. The lowest BCUT2D eigenvalue weighted by molar-refractivity contribution is 0.578. The number of hydrogen-bond acceptors (Lipinski definition) is 3. The Bertz CT molecular complexity index is 462. The van der Waals surface area contributed by atoms with Crippen LogP contribution in [0, 0.1) is 0 Å².